The third-order valence-electron chi connectivity index (χ3n) is 3.07. The SMILES string of the molecule is CCCCCCCCOc1ccc(C=CC(=O)O)cc1. The van der Waals surface area contributed by atoms with Crippen molar-refractivity contribution in [3.05, 3.63) is 35.9 Å². The first-order chi connectivity index (χ1) is 9.72. The van der Waals surface area contributed by atoms with Gasteiger partial charge in [0.2, 0.25) is 0 Å². The summed E-state index contributed by atoms with van der Waals surface area (Å²) in [6, 6.07) is 7.46. The minimum Gasteiger partial charge on any atom is -0.494 e. The quantitative estimate of drug-likeness (QED) is 0.504. The molecule has 3 heteroatoms. The molecule has 0 saturated carbocycles. The summed E-state index contributed by atoms with van der Waals surface area (Å²) >= 11 is 0. The fourth-order valence-electron chi connectivity index (χ4n) is 1.92. The highest BCUT2D eigenvalue weighted by molar-refractivity contribution is 5.85. The molecular weight excluding hydrogens is 252 g/mol. The fourth-order valence-corrected chi connectivity index (χ4v) is 1.92. The molecule has 20 heavy (non-hydrogen) atoms. The molecule has 0 aromatic heterocycles. The Balaban J connectivity index is 2.20. The average Bonchev–Trinajstić information content (AvgIpc) is 2.45. The Kier molecular flexibility index (Phi) is 8.20. The summed E-state index contributed by atoms with van der Waals surface area (Å²) in [6.07, 6.45) is 10.2. The molecule has 0 atom stereocenters. The number of carbonyl (C=O) groups is 1. The summed E-state index contributed by atoms with van der Waals surface area (Å²) in [5.41, 5.74) is 0.860. The van der Waals surface area contributed by atoms with E-state index >= 15 is 0 Å². The van der Waals surface area contributed by atoms with Crippen LogP contribution < -0.4 is 4.74 Å². The van der Waals surface area contributed by atoms with Gasteiger partial charge in [0.1, 0.15) is 5.75 Å². The first-order valence-electron chi connectivity index (χ1n) is 7.36. The number of hydrogen-bond donors (Lipinski definition) is 1. The summed E-state index contributed by atoms with van der Waals surface area (Å²) in [4.78, 5) is 10.4. The molecule has 110 valence electrons. The molecule has 1 N–H and O–H groups in total. The molecule has 0 amide bonds. The van der Waals surface area contributed by atoms with Gasteiger partial charge >= 0.3 is 5.97 Å². The summed E-state index contributed by atoms with van der Waals surface area (Å²) in [6.45, 7) is 2.97. The first-order valence-corrected chi connectivity index (χ1v) is 7.36. The van der Waals surface area contributed by atoms with E-state index < -0.39 is 5.97 Å². The van der Waals surface area contributed by atoms with Crippen LogP contribution in [-0.2, 0) is 4.79 Å². The monoisotopic (exact) mass is 276 g/mol. The number of benzene rings is 1. The maximum Gasteiger partial charge on any atom is 0.328 e. The van der Waals surface area contributed by atoms with Crippen LogP contribution in [0.15, 0.2) is 30.3 Å². The lowest BCUT2D eigenvalue weighted by Gasteiger charge is -2.06. The van der Waals surface area contributed by atoms with Gasteiger partial charge in [0.25, 0.3) is 0 Å². The third-order valence-corrected chi connectivity index (χ3v) is 3.07. The van der Waals surface area contributed by atoms with Crippen molar-refractivity contribution >= 4 is 12.0 Å². The molecule has 1 aromatic carbocycles. The lowest BCUT2D eigenvalue weighted by Crippen LogP contribution is -1.97. The second-order valence-corrected chi connectivity index (χ2v) is 4.86. The molecule has 0 bridgehead atoms. The number of aliphatic carboxylic acids is 1. The van der Waals surface area contributed by atoms with Gasteiger partial charge < -0.3 is 9.84 Å². The maximum absolute atomic E-state index is 10.4. The summed E-state index contributed by atoms with van der Waals surface area (Å²) in [7, 11) is 0. The molecule has 1 aromatic rings. The van der Waals surface area contributed by atoms with E-state index in [1.54, 1.807) is 6.08 Å². The average molecular weight is 276 g/mol. The second kappa shape index (κ2) is 10.1. The summed E-state index contributed by atoms with van der Waals surface area (Å²) in [5, 5.41) is 8.54. The summed E-state index contributed by atoms with van der Waals surface area (Å²) < 4.78 is 5.65. The minimum atomic E-state index is -0.937. The highest BCUT2D eigenvalue weighted by Crippen LogP contribution is 2.14. The van der Waals surface area contributed by atoms with Crippen LogP contribution in [0.4, 0.5) is 0 Å². The zero-order chi connectivity index (χ0) is 14.6. The van der Waals surface area contributed by atoms with Crippen molar-refractivity contribution in [2.45, 2.75) is 45.4 Å². The lowest BCUT2D eigenvalue weighted by atomic mass is 10.1. The lowest BCUT2D eigenvalue weighted by molar-refractivity contribution is -0.131. The van der Waals surface area contributed by atoms with E-state index in [9.17, 15) is 4.79 Å². The molecule has 0 aliphatic rings. The van der Waals surface area contributed by atoms with Crippen molar-refractivity contribution in [3.8, 4) is 5.75 Å². The van der Waals surface area contributed by atoms with Crippen LogP contribution in [0, 0.1) is 0 Å². The largest absolute Gasteiger partial charge is 0.494 e. The van der Waals surface area contributed by atoms with Gasteiger partial charge in [0.05, 0.1) is 6.61 Å². The Morgan fingerprint density at radius 1 is 1.10 bits per heavy atom. The third kappa shape index (κ3) is 7.62. The van der Waals surface area contributed by atoms with Crippen molar-refractivity contribution in [1.82, 2.24) is 0 Å². The van der Waals surface area contributed by atoms with Gasteiger partial charge in [-0.25, -0.2) is 4.79 Å². The molecule has 0 saturated heterocycles. The number of rotatable bonds is 10. The van der Waals surface area contributed by atoms with Crippen LogP contribution in [-0.4, -0.2) is 17.7 Å². The van der Waals surface area contributed by atoms with Crippen molar-refractivity contribution in [2.75, 3.05) is 6.61 Å². The van der Waals surface area contributed by atoms with E-state index in [0.717, 1.165) is 30.4 Å². The predicted molar refractivity (Wildman–Crippen MR) is 82.0 cm³/mol. The smallest absolute Gasteiger partial charge is 0.328 e. The van der Waals surface area contributed by atoms with Gasteiger partial charge in [0, 0.05) is 6.08 Å². The number of hydrogen-bond acceptors (Lipinski definition) is 2. The molecule has 0 unspecified atom stereocenters. The molecule has 1 rings (SSSR count). The Bertz CT molecular complexity index is 407. The standard InChI is InChI=1S/C17H24O3/c1-2-3-4-5-6-7-14-20-16-11-8-15(9-12-16)10-13-17(18)19/h8-13H,2-7,14H2,1H3,(H,18,19). The van der Waals surface area contributed by atoms with Crippen LogP contribution in [0.3, 0.4) is 0 Å². The van der Waals surface area contributed by atoms with E-state index in [1.165, 1.54) is 32.1 Å². The molecule has 0 spiro atoms. The van der Waals surface area contributed by atoms with E-state index in [0.29, 0.717) is 0 Å². The molecule has 0 heterocycles. The number of unbranched alkanes of at least 4 members (excludes halogenated alkanes) is 5. The van der Waals surface area contributed by atoms with Crippen LogP contribution in [0.1, 0.15) is 51.0 Å². The normalized spacial score (nSPS) is 10.8. The van der Waals surface area contributed by atoms with Crippen LogP contribution >= 0.6 is 0 Å². The van der Waals surface area contributed by atoms with Crippen molar-refractivity contribution in [3.63, 3.8) is 0 Å². The van der Waals surface area contributed by atoms with Crippen molar-refractivity contribution < 1.29 is 14.6 Å². The van der Waals surface area contributed by atoms with Gasteiger partial charge in [-0.3, -0.25) is 0 Å². The Labute approximate surface area is 121 Å². The molecule has 0 fully saturated rings. The van der Waals surface area contributed by atoms with Gasteiger partial charge in [0.15, 0.2) is 0 Å². The Morgan fingerprint density at radius 2 is 1.75 bits per heavy atom. The van der Waals surface area contributed by atoms with Crippen molar-refractivity contribution in [2.24, 2.45) is 0 Å². The van der Waals surface area contributed by atoms with E-state index in [4.69, 9.17) is 9.84 Å². The van der Waals surface area contributed by atoms with Crippen LogP contribution in [0.5, 0.6) is 5.75 Å². The molecule has 0 radical (unpaired) electrons. The fraction of sp³-hybridized carbons (Fsp3) is 0.471. The highest BCUT2D eigenvalue weighted by Gasteiger charge is 1.95. The number of carboxylic acids is 1. The van der Waals surface area contributed by atoms with Gasteiger partial charge in [-0.1, -0.05) is 51.2 Å². The van der Waals surface area contributed by atoms with Crippen LogP contribution in [0.25, 0.3) is 6.08 Å². The second-order valence-electron chi connectivity index (χ2n) is 4.86. The van der Waals surface area contributed by atoms with E-state index in [1.807, 2.05) is 24.3 Å². The zero-order valence-corrected chi connectivity index (χ0v) is 12.2. The van der Waals surface area contributed by atoms with E-state index in [2.05, 4.69) is 6.92 Å². The van der Waals surface area contributed by atoms with E-state index in [-0.39, 0.29) is 0 Å². The zero-order valence-electron chi connectivity index (χ0n) is 12.2. The molecule has 3 nitrogen and oxygen atoms in total. The van der Waals surface area contributed by atoms with Gasteiger partial charge in [-0.05, 0) is 30.2 Å². The maximum atomic E-state index is 10.4. The Morgan fingerprint density at radius 3 is 2.40 bits per heavy atom. The van der Waals surface area contributed by atoms with Crippen molar-refractivity contribution in [1.29, 1.82) is 0 Å². The molecule has 0 aliphatic heterocycles. The number of carboxylic acid groups (broad SMARTS) is 1. The Hall–Kier alpha value is -1.77. The van der Waals surface area contributed by atoms with Gasteiger partial charge in [-0.15, -0.1) is 0 Å². The predicted octanol–water partition coefficient (Wildman–Crippen LogP) is 4.52. The number of ether oxygens (including phenoxy) is 1. The molecular formula is C17H24O3. The highest BCUT2D eigenvalue weighted by atomic mass is 16.5. The molecule has 0 aliphatic carbocycles. The summed E-state index contributed by atoms with van der Waals surface area (Å²) in [5.74, 6) is -0.0977. The minimum absolute atomic E-state index is 0.746. The topological polar surface area (TPSA) is 46.5 Å². The first kappa shape index (κ1) is 16.3. The van der Waals surface area contributed by atoms with Crippen LogP contribution in [0.2, 0.25) is 0 Å². The van der Waals surface area contributed by atoms with Gasteiger partial charge in [-0.2, -0.15) is 0 Å².